The van der Waals surface area contributed by atoms with Crippen LogP contribution in [0.2, 0.25) is 0 Å². The maximum Gasteiger partial charge on any atom is 0.252 e. The molecule has 3 heterocycles. The molecule has 2 N–H and O–H groups in total. The summed E-state index contributed by atoms with van der Waals surface area (Å²) in [6, 6.07) is 9.36. The third kappa shape index (κ3) is 2.57. The van der Waals surface area contributed by atoms with Crippen LogP contribution in [0.5, 0.6) is 0 Å². The molecule has 6 nitrogen and oxygen atoms in total. The lowest BCUT2D eigenvalue weighted by Crippen LogP contribution is -2.30. The van der Waals surface area contributed by atoms with Gasteiger partial charge in [-0.15, -0.1) is 0 Å². The Hall–Kier alpha value is -2.73. The maximum atomic E-state index is 12.5. The van der Waals surface area contributed by atoms with Crippen LogP contribution in [0, 0.1) is 0 Å². The molecule has 0 radical (unpaired) electrons. The van der Waals surface area contributed by atoms with Gasteiger partial charge < -0.3 is 10.6 Å². The van der Waals surface area contributed by atoms with Crippen molar-refractivity contribution in [3.63, 3.8) is 0 Å². The molecule has 4 rings (SSSR count). The first-order chi connectivity index (χ1) is 11.3. The number of nitrogens with zero attached hydrogens (tertiary/aromatic N) is 3. The third-order valence-electron chi connectivity index (χ3n) is 4.16. The Morgan fingerprint density at radius 2 is 2.26 bits per heavy atom. The first-order valence-corrected chi connectivity index (χ1v) is 7.69. The molecule has 0 aliphatic carbocycles. The fourth-order valence-electron chi connectivity index (χ4n) is 2.96. The third-order valence-corrected chi connectivity index (χ3v) is 4.16. The van der Waals surface area contributed by atoms with Crippen molar-refractivity contribution < 1.29 is 4.79 Å². The highest BCUT2D eigenvalue weighted by atomic mass is 16.1. The van der Waals surface area contributed by atoms with Crippen LogP contribution in [0.4, 0.5) is 0 Å². The SMILES string of the molecule is O=C(NCc1cnn2c1CNCC2)c1cccc2ncccc12. The zero-order valence-electron chi connectivity index (χ0n) is 12.6. The Bertz CT molecular complexity index is 865. The highest BCUT2D eigenvalue weighted by molar-refractivity contribution is 6.06. The molecule has 1 amide bonds. The number of amides is 1. The van der Waals surface area contributed by atoms with Gasteiger partial charge in [0.1, 0.15) is 0 Å². The zero-order chi connectivity index (χ0) is 15.6. The molecule has 6 heteroatoms. The molecule has 1 aliphatic heterocycles. The summed E-state index contributed by atoms with van der Waals surface area (Å²) in [5, 5.41) is 11.6. The molecule has 1 aromatic carbocycles. The van der Waals surface area contributed by atoms with Gasteiger partial charge in [-0.3, -0.25) is 14.5 Å². The van der Waals surface area contributed by atoms with E-state index in [-0.39, 0.29) is 5.91 Å². The summed E-state index contributed by atoms with van der Waals surface area (Å²) in [6.45, 7) is 3.08. The highest BCUT2D eigenvalue weighted by Gasteiger charge is 2.16. The second kappa shape index (κ2) is 5.81. The Morgan fingerprint density at radius 3 is 3.22 bits per heavy atom. The maximum absolute atomic E-state index is 12.5. The van der Waals surface area contributed by atoms with Gasteiger partial charge in [0.15, 0.2) is 0 Å². The number of nitrogens with one attached hydrogen (secondary N) is 2. The number of hydrogen-bond acceptors (Lipinski definition) is 4. The molecule has 3 aromatic rings. The lowest BCUT2D eigenvalue weighted by Gasteiger charge is -2.16. The second-order valence-electron chi connectivity index (χ2n) is 5.57. The average molecular weight is 307 g/mol. The minimum absolute atomic E-state index is 0.0904. The van der Waals surface area contributed by atoms with Gasteiger partial charge >= 0.3 is 0 Å². The lowest BCUT2D eigenvalue weighted by molar-refractivity contribution is 0.0952. The summed E-state index contributed by atoms with van der Waals surface area (Å²) in [7, 11) is 0. The van der Waals surface area contributed by atoms with E-state index in [1.54, 1.807) is 6.20 Å². The van der Waals surface area contributed by atoms with Gasteiger partial charge in [0.2, 0.25) is 0 Å². The molecular weight excluding hydrogens is 290 g/mol. The molecule has 23 heavy (non-hydrogen) atoms. The largest absolute Gasteiger partial charge is 0.348 e. The van der Waals surface area contributed by atoms with E-state index in [1.165, 1.54) is 0 Å². The summed E-state index contributed by atoms with van der Waals surface area (Å²) in [5.41, 5.74) is 3.68. The molecule has 2 aromatic heterocycles. The minimum atomic E-state index is -0.0904. The number of rotatable bonds is 3. The van der Waals surface area contributed by atoms with Gasteiger partial charge in [0.05, 0.1) is 24.0 Å². The number of benzene rings is 1. The van der Waals surface area contributed by atoms with Crippen molar-refractivity contribution in [3.8, 4) is 0 Å². The fourth-order valence-corrected chi connectivity index (χ4v) is 2.96. The Labute approximate surface area is 133 Å². The number of pyridine rings is 1. The molecule has 116 valence electrons. The second-order valence-corrected chi connectivity index (χ2v) is 5.57. The van der Waals surface area contributed by atoms with Crippen molar-refractivity contribution in [1.82, 2.24) is 25.4 Å². The topological polar surface area (TPSA) is 71.8 Å². The normalized spacial score (nSPS) is 13.7. The number of aromatic nitrogens is 3. The van der Waals surface area contributed by atoms with Gasteiger partial charge in [-0.2, -0.15) is 5.10 Å². The predicted molar refractivity (Wildman–Crippen MR) is 86.8 cm³/mol. The van der Waals surface area contributed by atoms with E-state index >= 15 is 0 Å². The summed E-state index contributed by atoms with van der Waals surface area (Å²) in [5.74, 6) is -0.0904. The first-order valence-electron chi connectivity index (χ1n) is 7.69. The van der Waals surface area contributed by atoms with Gasteiger partial charge in [-0.1, -0.05) is 12.1 Å². The van der Waals surface area contributed by atoms with Crippen LogP contribution in [0.1, 0.15) is 21.6 Å². The van der Waals surface area contributed by atoms with E-state index in [0.29, 0.717) is 12.1 Å². The van der Waals surface area contributed by atoms with Crippen LogP contribution in [0.3, 0.4) is 0 Å². The van der Waals surface area contributed by atoms with E-state index in [2.05, 4.69) is 20.7 Å². The molecule has 0 saturated heterocycles. The molecule has 0 atom stereocenters. The molecule has 0 fully saturated rings. The smallest absolute Gasteiger partial charge is 0.252 e. The van der Waals surface area contributed by atoms with Crippen molar-refractivity contribution >= 4 is 16.8 Å². The molecule has 0 unspecified atom stereocenters. The van der Waals surface area contributed by atoms with Crippen molar-refractivity contribution in [3.05, 3.63) is 59.5 Å². The summed E-state index contributed by atoms with van der Waals surface area (Å²) >= 11 is 0. The van der Waals surface area contributed by atoms with E-state index in [0.717, 1.165) is 41.8 Å². The highest BCUT2D eigenvalue weighted by Crippen LogP contribution is 2.17. The van der Waals surface area contributed by atoms with Gasteiger partial charge in [-0.05, 0) is 18.2 Å². The molecule has 0 spiro atoms. The van der Waals surface area contributed by atoms with Crippen LogP contribution < -0.4 is 10.6 Å². The first kappa shape index (κ1) is 13.9. The number of hydrogen-bond donors (Lipinski definition) is 2. The monoisotopic (exact) mass is 307 g/mol. The number of carbonyl (C=O) groups is 1. The fraction of sp³-hybridized carbons (Fsp3) is 0.235. The molecular formula is C17H17N5O. The summed E-state index contributed by atoms with van der Waals surface area (Å²) < 4.78 is 2.00. The van der Waals surface area contributed by atoms with Crippen molar-refractivity contribution in [2.24, 2.45) is 0 Å². The Balaban J connectivity index is 1.55. The number of fused-ring (bicyclic) bond motifs is 2. The Morgan fingerprint density at radius 1 is 1.30 bits per heavy atom. The van der Waals surface area contributed by atoms with Crippen LogP contribution >= 0.6 is 0 Å². The van der Waals surface area contributed by atoms with E-state index in [4.69, 9.17) is 0 Å². The lowest BCUT2D eigenvalue weighted by atomic mass is 10.1. The van der Waals surface area contributed by atoms with E-state index < -0.39 is 0 Å². The predicted octanol–water partition coefficient (Wildman–Crippen LogP) is 1.46. The number of carbonyl (C=O) groups excluding carboxylic acids is 1. The van der Waals surface area contributed by atoms with Crippen molar-refractivity contribution in [1.29, 1.82) is 0 Å². The van der Waals surface area contributed by atoms with Crippen LogP contribution in [-0.2, 0) is 19.6 Å². The van der Waals surface area contributed by atoms with Crippen molar-refractivity contribution in [2.45, 2.75) is 19.6 Å². The molecule has 0 bridgehead atoms. The van der Waals surface area contributed by atoms with Crippen LogP contribution in [0.15, 0.2) is 42.7 Å². The summed E-state index contributed by atoms with van der Waals surface area (Å²) in [4.78, 5) is 16.8. The van der Waals surface area contributed by atoms with Gasteiger partial charge in [-0.25, -0.2) is 0 Å². The quantitative estimate of drug-likeness (QED) is 0.768. The van der Waals surface area contributed by atoms with Crippen LogP contribution in [0.25, 0.3) is 10.9 Å². The van der Waals surface area contributed by atoms with Crippen LogP contribution in [-0.4, -0.2) is 27.2 Å². The molecule has 0 saturated carbocycles. The standard InChI is InChI=1S/C17H17N5O/c23-17(14-3-1-5-15-13(14)4-2-6-19-15)20-9-12-10-21-22-8-7-18-11-16(12)22/h1-6,10,18H,7-9,11H2,(H,20,23). The average Bonchev–Trinajstić information content (AvgIpc) is 3.02. The Kier molecular flexibility index (Phi) is 3.51. The summed E-state index contributed by atoms with van der Waals surface area (Å²) in [6.07, 6.45) is 3.57. The van der Waals surface area contributed by atoms with E-state index in [1.807, 2.05) is 41.2 Å². The molecule has 1 aliphatic rings. The van der Waals surface area contributed by atoms with Gasteiger partial charge in [0.25, 0.3) is 5.91 Å². The van der Waals surface area contributed by atoms with Crippen molar-refractivity contribution in [2.75, 3.05) is 6.54 Å². The minimum Gasteiger partial charge on any atom is -0.348 e. The van der Waals surface area contributed by atoms with E-state index in [9.17, 15) is 4.79 Å². The zero-order valence-corrected chi connectivity index (χ0v) is 12.6. The van der Waals surface area contributed by atoms with Gasteiger partial charge in [0, 0.05) is 42.3 Å².